The molecule has 1 aliphatic rings. The predicted octanol–water partition coefficient (Wildman–Crippen LogP) is -3.04. The molecule has 0 aromatic carbocycles. The maximum atomic E-state index is 13.2. The molecule has 1 aliphatic heterocycles. The molecule has 0 bridgehead atoms. The number of nitrogens with one attached hydrogen (secondary N) is 3. The molecule has 5 atom stereocenters. The van der Waals surface area contributed by atoms with Crippen molar-refractivity contribution in [3.05, 3.63) is 0 Å². The summed E-state index contributed by atoms with van der Waals surface area (Å²) in [4.78, 5) is 67.9. The Labute approximate surface area is 221 Å². The molecule has 15 heteroatoms. The van der Waals surface area contributed by atoms with Crippen molar-refractivity contribution in [2.45, 2.75) is 83.1 Å². The quantitative estimate of drug-likeness (QED) is 0.0589. The first-order chi connectivity index (χ1) is 17.8. The molecule has 0 radical (unpaired) electrons. The number of aliphatic hydroxyl groups excluding tert-OH is 1. The highest BCUT2D eigenvalue weighted by Crippen LogP contribution is 2.19. The van der Waals surface area contributed by atoms with Crippen LogP contribution in [0.4, 0.5) is 0 Å². The lowest BCUT2D eigenvalue weighted by molar-refractivity contribution is -0.143. The number of aliphatic hydroxyl groups is 1. The zero-order chi connectivity index (χ0) is 29.0. The zero-order valence-electron chi connectivity index (χ0n) is 22.2. The Bertz CT molecular complexity index is 878. The Balaban J connectivity index is 2.89. The lowest BCUT2D eigenvalue weighted by atomic mass is 10.0. The maximum absolute atomic E-state index is 13.2. The molecule has 5 unspecified atom stereocenters. The fourth-order valence-electron chi connectivity index (χ4n) is 4.02. The highest BCUT2D eigenvalue weighted by Gasteiger charge is 2.38. The van der Waals surface area contributed by atoms with Crippen LogP contribution in [0.5, 0.6) is 0 Å². The van der Waals surface area contributed by atoms with E-state index in [0.29, 0.717) is 19.3 Å². The molecule has 4 amide bonds. The first-order valence-electron chi connectivity index (χ1n) is 12.6. The van der Waals surface area contributed by atoms with Crippen molar-refractivity contribution >= 4 is 35.6 Å². The van der Waals surface area contributed by atoms with Crippen LogP contribution >= 0.6 is 0 Å². The summed E-state index contributed by atoms with van der Waals surface area (Å²) in [5.41, 5.74) is 16.0. The van der Waals surface area contributed by atoms with E-state index in [2.05, 4.69) is 20.9 Å². The van der Waals surface area contributed by atoms with E-state index in [1.165, 1.54) is 11.8 Å². The third kappa shape index (κ3) is 10.5. The summed E-state index contributed by atoms with van der Waals surface area (Å²) in [6.45, 7) is 5.05. The average molecular weight is 543 g/mol. The van der Waals surface area contributed by atoms with Gasteiger partial charge in [0, 0.05) is 13.1 Å². The van der Waals surface area contributed by atoms with Crippen LogP contribution in [0, 0.1) is 5.92 Å². The van der Waals surface area contributed by atoms with Gasteiger partial charge in [-0.2, -0.15) is 0 Å². The number of carbonyl (C=O) groups excluding carboxylic acids is 4. The summed E-state index contributed by atoms with van der Waals surface area (Å²) < 4.78 is 0. The number of carboxylic acid groups (broad SMARTS) is 1. The monoisotopic (exact) mass is 542 g/mol. The van der Waals surface area contributed by atoms with Crippen LogP contribution in [0.3, 0.4) is 0 Å². The van der Waals surface area contributed by atoms with E-state index in [-0.39, 0.29) is 37.8 Å². The van der Waals surface area contributed by atoms with Gasteiger partial charge in [-0.25, -0.2) is 4.79 Å². The van der Waals surface area contributed by atoms with E-state index in [1.807, 2.05) is 13.8 Å². The molecular formula is C23H42N8O7. The summed E-state index contributed by atoms with van der Waals surface area (Å²) in [6, 6.07) is -5.27. The van der Waals surface area contributed by atoms with Crippen molar-refractivity contribution in [3.8, 4) is 0 Å². The molecule has 216 valence electrons. The van der Waals surface area contributed by atoms with Gasteiger partial charge in [-0.3, -0.25) is 24.2 Å². The smallest absolute Gasteiger partial charge is 0.326 e. The van der Waals surface area contributed by atoms with Gasteiger partial charge in [-0.15, -0.1) is 0 Å². The van der Waals surface area contributed by atoms with Gasteiger partial charge in [-0.1, -0.05) is 13.8 Å². The number of hydrogen-bond acceptors (Lipinski definition) is 8. The second-order valence-electron chi connectivity index (χ2n) is 9.75. The highest BCUT2D eigenvalue weighted by atomic mass is 16.4. The van der Waals surface area contributed by atoms with Gasteiger partial charge in [-0.05, 0) is 44.9 Å². The predicted molar refractivity (Wildman–Crippen MR) is 138 cm³/mol. The van der Waals surface area contributed by atoms with Gasteiger partial charge in [0.05, 0.1) is 6.61 Å². The number of guanidine groups is 1. The summed E-state index contributed by atoms with van der Waals surface area (Å²) in [5, 5.41) is 26.1. The summed E-state index contributed by atoms with van der Waals surface area (Å²) >= 11 is 0. The Morgan fingerprint density at radius 2 is 1.68 bits per heavy atom. The molecule has 1 fully saturated rings. The van der Waals surface area contributed by atoms with Gasteiger partial charge in [0.2, 0.25) is 23.6 Å². The number of rotatable bonds is 15. The van der Waals surface area contributed by atoms with Crippen LogP contribution in [0.2, 0.25) is 0 Å². The number of nitrogens with zero attached hydrogens (tertiary/aromatic N) is 2. The largest absolute Gasteiger partial charge is 0.480 e. The minimum absolute atomic E-state index is 0.0107. The minimum atomic E-state index is -1.23. The fourth-order valence-corrected chi connectivity index (χ4v) is 4.02. The van der Waals surface area contributed by atoms with Gasteiger partial charge >= 0.3 is 5.97 Å². The molecule has 0 aliphatic carbocycles. The molecule has 15 nitrogen and oxygen atoms in total. The minimum Gasteiger partial charge on any atom is -0.480 e. The second kappa shape index (κ2) is 15.7. The van der Waals surface area contributed by atoms with E-state index in [9.17, 15) is 29.1 Å². The van der Waals surface area contributed by atoms with E-state index in [1.54, 1.807) is 0 Å². The summed E-state index contributed by atoms with van der Waals surface area (Å²) in [5.74, 6) is -3.78. The number of carboxylic acids is 1. The first-order valence-corrected chi connectivity index (χ1v) is 12.6. The zero-order valence-corrected chi connectivity index (χ0v) is 22.2. The summed E-state index contributed by atoms with van der Waals surface area (Å²) in [7, 11) is 0. The Morgan fingerprint density at radius 3 is 2.24 bits per heavy atom. The van der Waals surface area contributed by atoms with Crippen molar-refractivity contribution in [3.63, 3.8) is 0 Å². The number of likely N-dealkylation sites (tertiary alicyclic amines) is 1. The van der Waals surface area contributed by atoms with Crippen molar-refractivity contribution in [2.24, 2.45) is 28.1 Å². The topological polar surface area (TPSA) is 256 Å². The van der Waals surface area contributed by atoms with E-state index in [0.717, 1.165) is 0 Å². The summed E-state index contributed by atoms with van der Waals surface area (Å²) in [6.07, 6.45) is 1.53. The molecule has 0 spiro atoms. The van der Waals surface area contributed by atoms with Crippen molar-refractivity contribution in [1.29, 1.82) is 0 Å². The molecule has 0 saturated carbocycles. The molecule has 1 rings (SSSR count). The van der Waals surface area contributed by atoms with Crippen LogP contribution in [0.15, 0.2) is 4.99 Å². The lowest BCUT2D eigenvalue weighted by Crippen LogP contribution is -2.58. The molecule has 38 heavy (non-hydrogen) atoms. The Kier molecular flexibility index (Phi) is 13.5. The first kappa shape index (κ1) is 32.6. The molecule has 1 heterocycles. The maximum Gasteiger partial charge on any atom is 0.326 e. The van der Waals surface area contributed by atoms with Gasteiger partial charge in [0.25, 0.3) is 0 Å². The number of nitrogens with two attached hydrogens (primary N) is 3. The Morgan fingerprint density at radius 1 is 1.03 bits per heavy atom. The van der Waals surface area contributed by atoms with Crippen molar-refractivity contribution < 1.29 is 34.2 Å². The van der Waals surface area contributed by atoms with E-state index >= 15 is 0 Å². The van der Waals surface area contributed by atoms with Crippen LogP contribution in [0.1, 0.15) is 52.9 Å². The van der Waals surface area contributed by atoms with Crippen LogP contribution in [-0.2, 0) is 24.0 Å². The van der Waals surface area contributed by atoms with Gasteiger partial charge in [0.1, 0.15) is 30.2 Å². The van der Waals surface area contributed by atoms with E-state index in [4.69, 9.17) is 22.3 Å². The fraction of sp³-hybridized carbons (Fsp3) is 0.739. The highest BCUT2D eigenvalue weighted by molar-refractivity contribution is 5.95. The van der Waals surface area contributed by atoms with Crippen LogP contribution < -0.4 is 33.2 Å². The lowest BCUT2D eigenvalue weighted by Gasteiger charge is -2.29. The second-order valence-corrected chi connectivity index (χ2v) is 9.75. The molecule has 11 N–H and O–H groups in total. The number of aliphatic imine (C=N–C) groups is 1. The number of amides is 4. The van der Waals surface area contributed by atoms with Gasteiger partial charge < -0.3 is 48.3 Å². The molecule has 0 aromatic heterocycles. The normalized spacial score (nSPS) is 18.2. The van der Waals surface area contributed by atoms with Gasteiger partial charge in [0.15, 0.2) is 5.96 Å². The Hall–Kier alpha value is -3.46. The number of carbonyl (C=O) groups is 5. The third-order valence-electron chi connectivity index (χ3n) is 6.00. The third-order valence-corrected chi connectivity index (χ3v) is 6.00. The van der Waals surface area contributed by atoms with E-state index < -0.39 is 66.4 Å². The number of hydrogen-bond donors (Lipinski definition) is 8. The standard InChI is InChI=1S/C23H42N8O7/c1-12(2)10-16(19(34)29-15(22(37)38)6-4-8-27-23(25)26)30-20(35)17-7-5-9-31(17)21(36)13(3)28-18(33)14(24)11-32/h12-17,32H,4-11,24H2,1-3H3,(H,28,33)(H,29,34)(H,30,35)(H,37,38)(H4,25,26,27). The SMILES string of the molecule is CC(C)CC(NC(=O)C1CCCN1C(=O)C(C)NC(=O)C(N)CO)C(=O)NC(CCCN=C(N)N)C(=O)O. The van der Waals surface area contributed by atoms with Crippen molar-refractivity contribution in [1.82, 2.24) is 20.9 Å². The average Bonchev–Trinajstić information content (AvgIpc) is 3.33. The van der Waals surface area contributed by atoms with Crippen LogP contribution in [0.25, 0.3) is 0 Å². The number of aliphatic carboxylic acids is 1. The van der Waals surface area contributed by atoms with Crippen molar-refractivity contribution in [2.75, 3.05) is 19.7 Å². The molecule has 0 aromatic rings. The van der Waals surface area contributed by atoms with Crippen LogP contribution in [-0.4, -0.2) is 101 Å². The molecular weight excluding hydrogens is 500 g/mol. The molecule has 1 saturated heterocycles.